The Hall–Kier alpha value is -2.90. The van der Waals surface area contributed by atoms with Crippen molar-refractivity contribution in [3.63, 3.8) is 0 Å². The van der Waals surface area contributed by atoms with Crippen molar-refractivity contribution in [2.75, 3.05) is 59.7 Å². The summed E-state index contributed by atoms with van der Waals surface area (Å²) in [6.07, 6.45) is 0. The van der Waals surface area contributed by atoms with Gasteiger partial charge < -0.3 is 25.4 Å². The van der Waals surface area contributed by atoms with Gasteiger partial charge in [-0.3, -0.25) is 9.59 Å². The van der Waals surface area contributed by atoms with Gasteiger partial charge in [0.25, 0.3) is 5.91 Å². The van der Waals surface area contributed by atoms with Gasteiger partial charge in [-0.05, 0) is 52.5 Å². The van der Waals surface area contributed by atoms with Crippen LogP contribution in [-0.2, 0) is 0 Å². The van der Waals surface area contributed by atoms with Gasteiger partial charge in [0.1, 0.15) is 0 Å². The van der Waals surface area contributed by atoms with Crippen LogP contribution in [0.3, 0.4) is 0 Å². The molecule has 0 saturated heterocycles. The molecule has 0 aliphatic carbocycles. The second kappa shape index (κ2) is 9.07. The van der Waals surface area contributed by atoms with Gasteiger partial charge in [-0.15, -0.1) is 0 Å². The van der Waals surface area contributed by atoms with Gasteiger partial charge in [-0.2, -0.15) is 0 Å². The molecular weight excluding hydrogens is 366 g/mol. The number of rotatable bonds is 8. The zero-order valence-electron chi connectivity index (χ0n) is 17.5. The number of nitrogens with zero attached hydrogens (tertiary/aromatic N) is 2. The maximum absolute atomic E-state index is 13.3. The quantitative estimate of drug-likeness (QED) is 0.508. The Morgan fingerprint density at radius 3 is 2.38 bits per heavy atom. The van der Waals surface area contributed by atoms with Gasteiger partial charge in [0.2, 0.25) is 0 Å². The number of benzene rings is 2. The number of amides is 1. The van der Waals surface area contributed by atoms with Crippen LogP contribution in [0.2, 0.25) is 0 Å². The predicted octanol–water partition coefficient (Wildman–Crippen LogP) is 1.95. The topological polar surface area (TPSA) is 80.5 Å². The number of nitrogens with one attached hydrogen (secondary N) is 3. The van der Waals surface area contributed by atoms with Crippen LogP contribution in [0, 0.1) is 0 Å². The summed E-state index contributed by atoms with van der Waals surface area (Å²) in [5.74, 6) is -0.192. The van der Waals surface area contributed by atoms with E-state index in [0.717, 1.165) is 24.3 Å². The lowest BCUT2D eigenvalue weighted by Crippen LogP contribution is -2.31. The molecule has 0 unspecified atom stereocenters. The van der Waals surface area contributed by atoms with Crippen LogP contribution >= 0.6 is 0 Å². The van der Waals surface area contributed by atoms with Crippen LogP contribution in [0.4, 0.5) is 5.69 Å². The number of fused-ring (bicyclic) bond motifs is 2. The molecule has 0 aliphatic rings. The number of carbonyl (C=O) groups excluding carboxylic acids is 1. The third-order valence-corrected chi connectivity index (χ3v) is 4.83. The van der Waals surface area contributed by atoms with E-state index in [1.165, 1.54) is 0 Å². The number of hydrogen-bond donors (Lipinski definition) is 3. The molecule has 0 aliphatic heterocycles. The molecule has 3 rings (SSSR count). The van der Waals surface area contributed by atoms with Crippen molar-refractivity contribution in [1.82, 2.24) is 20.1 Å². The van der Waals surface area contributed by atoms with Crippen molar-refractivity contribution in [1.29, 1.82) is 0 Å². The van der Waals surface area contributed by atoms with E-state index in [1.54, 1.807) is 12.1 Å². The van der Waals surface area contributed by atoms with Crippen molar-refractivity contribution in [2.45, 2.75) is 0 Å². The average molecular weight is 396 g/mol. The van der Waals surface area contributed by atoms with E-state index in [-0.39, 0.29) is 11.3 Å². The number of carbonyl (C=O) groups is 1. The second-order valence-electron chi connectivity index (χ2n) is 7.70. The first kappa shape index (κ1) is 20.8. The molecule has 0 saturated carbocycles. The average Bonchev–Trinajstić information content (AvgIpc) is 2.67. The summed E-state index contributed by atoms with van der Waals surface area (Å²) in [4.78, 5) is 33.5. The molecular formula is C22H29N5O2. The molecule has 154 valence electrons. The molecule has 0 bridgehead atoms. The Kier molecular flexibility index (Phi) is 6.51. The minimum absolute atomic E-state index is 0.0790. The summed E-state index contributed by atoms with van der Waals surface area (Å²) in [6, 6.07) is 11.0. The molecule has 1 amide bonds. The van der Waals surface area contributed by atoms with E-state index in [2.05, 4.69) is 20.5 Å². The molecule has 0 atom stereocenters. The van der Waals surface area contributed by atoms with Crippen molar-refractivity contribution in [3.05, 3.63) is 52.2 Å². The largest absolute Gasteiger partial charge is 0.383 e. The van der Waals surface area contributed by atoms with Crippen LogP contribution in [-0.4, -0.2) is 75.1 Å². The zero-order valence-corrected chi connectivity index (χ0v) is 17.5. The number of likely N-dealkylation sites (N-methyl/N-ethyl adjacent to an activating group) is 2. The van der Waals surface area contributed by atoms with E-state index in [9.17, 15) is 9.59 Å². The molecule has 7 heteroatoms. The number of aromatic nitrogens is 1. The highest BCUT2D eigenvalue weighted by Gasteiger charge is 2.17. The van der Waals surface area contributed by atoms with Gasteiger partial charge in [0.05, 0.1) is 16.5 Å². The molecule has 3 aromatic rings. The Bertz CT molecular complexity index is 1070. The van der Waals surface area contributed by atoms with E-state index in [1.807, 2.05) is 57.4 Å². The summed E-state index contributed by atoms with van der Waals surface area (Å²) in [7, 11) is 7.92. The Morgan fingerprint density at radius 1 is 0.966 bits per heavy atom. The van der Waals surface area contributed by atoms with Gasteiger partial charge in [-0.1, -0.05) is 12.1 Å². The zero-order chi connectivity index (χ0) is 21.0. The van der Waals surface area contributed by atoms with Crippen molar-refractivity contribution in [3.8, 4) is 0 Å². The van der Waals surface area contributed by atoms with Gasteiger partial charge >= 0.3 is 0 Å². The Morgan fingerprint density at radius 2 is 1.66 bits per heavy atom. The van der Waals surface area contributed by atoms with Gasteiger partial charge in [0.15, 0.2) is 5.43 Å². The molecule has 0 fully saturated rings. The first-order chi connectivity index (χ1) is 13.9. The normalized spacial score (nSPS) is 11.5. The summed E-state index contributed by atoms with van der Waals surface area (Å²) in [5.41, 5.74) is 2.41. The highest BCUT2D eigenvalue weighted by atomic mass is 16.1. The smallest absolute Gasteiger partial charge is 0.253 e. The van der Waals surface area contributed by atoms with Crippen molar-refractivity contribution < 1.29 is 4.79 Å². The SMILES string of the molecule is CN(C)CCNC(=O)c1ccc(NCCN(C)C)c2c(=O)c3ccccc3[nH]c12. The summed E-state index contributed by atoms with van der Waals surface area (Å²) >= 11 is 0. The van der Waals surface area contributed by atoms with Crippen LogP contribution in [0.25, 0.3) is 21.8 Å². The molecule has 3 N–H and O–H groups in total. The van der Waals surface area contributed by atoms with Crippen LogP contribution < -0.4 is 16.1 Å². The van der Waals surface area contributed by atoms with Crippen molar-refractivity contribution >= 4 is 33.4 Å². The lowest BCUT2D eigenvalue weighted by molar-refractivity contribution is 0.0952. The molecule has 7 nitrogen and oxygen atoms in total. The third kappa shape index (κ3) is 4.75. The maximum Gasteiger partial charge on any atom is 0.253 e. The molecule has 1 heterocycles. The number of aromatic amines is 1. The Labute approximate surface area is 170 Å². The minimum Gasteiger partial charge on any atom is -0.383 e. The molecule has 1 aromatic heterocycles. The highest BCUT2D eigenvalue weighted by molar-refractivity contribution is 6.11. The van der Waals surface area contributed by atoms with Crippen LogP contribution in [0.1, 0.15) is 10.4 Å². The third-order valence-electron chi connectivity index (χ3n) is 4.83. The standard InChI is InChI=1S/C22H29N5O2/c1-26(2)13-11-23-18-10-9-16(22(29)24-12-14-27(3)4)20-19(18)21(28)15-7-5-6-8-17(15)25-20/h5-10,23H,11-14H2,1-4H3,(H,24,29)(H,25,28). The summed E-state index contributed by atoms with van der Waals surface area (Å²) < 4.78 is 0. The maximum atomic E-state index is 13.3. The lowest BCUT2D eigenvalue weighted by atomic mass is 10.0. The van der Waals surface area contributed by atoms with E-state index < -0.39 is 0 Å². The van der Waals surface area contributed by atoms with Crippen molar-refractivity contribution in [2.24, 2.45) is 0 Å². The second-order valence-corrected chi connectivity index (χ2v) is 7.70. The monoisotopic (exact) mass is 395 g/mol. The van der Waals surface area contributed by atoms with Crippen LogP contribution in [0.5, 0.6) is 0 Å². The fourth-order valence-corrected chi connectivity index (χ4v) is 3.27. The fourth-order valence-electron chi connectivity index (χ4n) is 3.27. The number of H-pyrrole nitrogens is 1. The van der Waals surface area contributed by atoms with Crippen LogP contribution in [0.15, 0.2) is 41.2 Å². The summed E-state index contributed by atoms with van der Waals surface area (Å²) in [5, 5.41) is 7.41. The van der Waals surface area contributed by atoms with Gasteiger partial charge in [-0.25, -0.2) is 0 Å². The van der Waals surface area contributed by atoms with E-state index in [4.69, 9.17) is 0 Å². The number of hydrogen-bond acceptors (Lipinski definition) is 5. The predicted molar refractivity (Wildman–Crippen MR) is 120 cm³/mol. The van der Waals surface area contributed by atoms with E-state index in [0.29, 0.717) is 34.9 Å². The molecule has 0 spiro atoms. The Balaban J connectivity index is 2.08. The first-order valence-corrected chi connectivity index (χ1v) is 9.77. The number of para-hydroxylation sites is 1. The highest BCUT2D eigenvalue weighted by Crippen LogP contribution is 2.25. The lowest BCUT2D eigenvalue weighted by Gasteiger charge is -2.16. The fraction of sp³-hybridized carbons (Fsp3) is 0.364. The van der Waals surface area contributed by atoms with E-state index >= 15 is 0 Å². The number of pyridine rings is 1. The minimum atomic E-state index is -0.192. The molecule has 2 aromatic carbocycles. The first-order valence-electron chi connectivity index (χ1n) is 9.77. The molecule has 0 radical (unpaired) electrons. The number of anilines is 1. The molecule has 29 heavy (non-hydrogen) atoms. The van der Waals surface area contributed by atoms with Gasteiger partial charge in [0, 0.05) is 42.8 Å². The summed E-state index contributed by atoms with van der Waals surface area (Å²) in [6.45, 7) is 2.81.